The Kier molecular flexibility index (Phi) is 5.95. The number of aliphatic hydroxyl groups is 1. The minimum atomic E-state index is -3.23. The largest absolute Gasteiger partial charge is 0.390 e. The van der Waals surface area contributed by atoms with Crippen LogP contribution in [0.4, 0.5) is 8.78 Å². The third kappa shape index (κ3) is 5.27. The van der Waals surface area contributed by atoms with Gasteiger partial charge >= 0.3 is 0 Å². The van der Waals surface area contributed by atoms with Crippen molar-refractivity contribution in [2.24, 2.45) is 11.8 Å². The number of alkyl halides is 2. The topological polar surface area (TPSA) is 61.4 Å². The van der Waals surface area contributed by atoms with E-state index < -0.39 is 19.1 Å². The zero-order valence-electron chi connectivity index (χ0n) is 10.7. The maximum atomic E-state index is 12.7. The third-order valence-electron chi connectivity index (χ3n) is 3.42. The van der Waals surface area contributed by atoms with Gasteiger partial charge in [-0.3, -0.25) is 4.79 Å². The van der Waals surface area contributed by atoms with Crippen molar-refractivity contribution in [2.75, 3.05) is 26.2 Å². The van der Waals surface area contributed by atoms with E-state index in [0.29, 0.717) is 5.92 Å². The molecule has 0 radical (unpaired) electrons. The molecule has 1 fully saturated rings. The first kappa shape index (κ1) is 15.3. The molecule has 1 saturated heterocycles. The van der Waals surface area contributed by atoms with Crippen LogP contribution in [0.2, 0.25) is 0 Å². The molecule has 1 heterocycles. The van der Waals surface area contributed by atoms with E-state index in [1.807, 2.05) is 6.92 Å². The van der Waals surface area contributed by atoms with E-state index in [9.17, 15) is 13.6 Å². The average molecular weight is 264 g/mol. The van der Waals surface area contributed by atoms with Gasteiger partial charge in [-0.2, -0.15) is 0 Å². The highest BCUT2D eigenvalue weighted by atomic mass is 19.3. The predicted octanol–water partition coefficient (Wildman–Crippen LogP) is 0.756. The summed E-state index contributed by atoms with van der Waals surface area (Å²) in [6, 6.07) is 0. The molecule has 1 rings (SSSR count). The Bertz CT molecular complexity index is 269. The lowest BCUT2D eigenvalue weighted by atomic mass is 9.85. The number of hydrogen-bond donors (Lipinski definition) is 3. The van der Waals surface area contributed by atoms with Gasteiger partial charge in [0.05, 0.1) is 6.54 Å². The number of aliphatic hydroxyl groups excluding tert-OH is 1. The number of carbonyl (C=O) groups is 1. The molecule has 18 heavy (non-hydrogen) atoms. The number of amides is 1. The van der Waals surface area contributed by atoms with Gasteiger partial charge in [0.1, 0.15) is 6.61 Å². The van der Waals surface area contributed by atoms with E-state index in [1.165, 1.54) is 0 Å². The first-order valence-electron chi connectivity index (χ1n) is 6.41. The van der Waals surface area contributed by atoms with E-state index in [-0.39, 0.29) is 18.2 Å². The summed E-state index contributed by atoms with van der Waals surface area (Å²) in [6.45, 7) is 1.84. The summed E-state index contributed by atoms with van der Waals surface area (Å²) in [5.41, 5.74) is 0. The van der Waals surface area contributed by atoms with Gasteiger partial charge in [-0.05, 0) is 37.8 Å². The molecule has 1 aliphatic rings. The summed E-state index contributed by atoms with van der Waals surface area (Å²) in [5.74, 6) is -2.99. The second-order valence-electron chi connectivity index (χ2n) is 5.08. The summed E-state index contributed by atoms with van der Waals surface area (Å²) in [7, 11) is 0. The maximum absolute atomic E-state index is 12.7. The summed E-state index contributed by atoms with van der Waals surface area (Å²) >= 11 is 0. The smallest absolute Gasteiger partial charge is 0.287 e. The monoisotopic (exact) mass is 264 g/mol. The Labute approximate surface area is 106 Å². The third-order valence-corrected chi connectivity index (χ3v) is 3.42. The van der Waals surface area contributed by atoms with E-state index in [4.69, 9.17) is 5.11 Å². The molecule has 2 atom stereocenters. The van der Waals surface area contributed by atoms with Crippen LogP contribution in [0.1, 0.15) is 26.2 Å². The molecule has 4 nitrogen and oxygen atoms in total. The Morgan fingerprint density at radius 3 is 2.89 bits per heavy atom. The van der Waals surface area contributed by atoms with Crippen LogP contribution < -0.4 is 10.6 Å². The molecule has 2 unspecified atom stereocenters. The number of halogens is 2. The van der Waals surface area contributed by atoms with Crippen molar-refractivity contribution in [1.29, 1.82) is 0 Å². The van der Waals surface area contributed by atoms with Gasteiger partial charge in [-0.25, -0.2) is 8.78 Å². The molecular weight excluding hydrogens is 242 g/mol. The first-order chi connectivity index (χ1) is 8.44. The number of rotatable bonds is 6. The molecule has 0 spiro atoms. The minimum absolute atomic E-state index is 0.181. The summed E-state index contributed by atoms with van der Waals surface area (Å²) in [6.07, 6.45) is 2.43. The van der Waals surface area contributed by atoms with Gasteiger partial charge in [0.15, 0.2) is 0 Å². The number of nitrogens with one attached hydrogen (secondary N) is 2. The zero-order valence-corrected chi connectivity index (χ0v) is 10.7. The van der Waals surface area contributed by atoms with Gasteiger partial charge < -0.3 is 15.7 Å². The van der Waals surface area contributed by atoms with E-state index in [2.05, 4.69) is 10.6 Å². The Balaban J connectivity index is 2.26. The second kappa shape index (κ2) is 6.99. The van der Waals surface area contributed by atoms with Gasteiger partial charge in [0.25, 0.3) is 5.92 Å². The maximum Gasteiger partial charge on any atom is 0.287 e. The van der Waals surface area contributed by atoms with Crippen LogP contribution in [0.15, 0.2) is 0 Å². The van der Waals surface area contributed by atoms with Crippen molar-refractivity contribution in [3.8, 4) is 0 Å². The highest BCUT2D eigenvalue weighted by Gasteiger charge is 2.29. The predicted molar refractivity (Wildman–Crippen MR) is 64.4 cm³/mol. The van der Waals surface area contributed by atoms with Crippen molar-refractivity contribution in [1.82, 2.24) is 10.6 Å². The van der Waals surface area contributed by atoms with Crippen molar-refractivity contribution < 1.29 is 18.7 Å². The van der Waals surface area contributed by atoms with Gasteiger partial charge in [0, 0.05) is 6.42 Å². The fourth-order valence-electron chi connectivity index (χ4n) is 2.18. The fourth-order valence-corrected chi connectivity index (χ4v) is 2.18. The van der Waals surface area contributed by atoms with Crippen LogP contribution in [0, 0.1) is 11.8 Å². The van der Waals surface area contributed by atoms with E-state index in [0.717, 1.165) is 25.9 Å². The van der Waals surface area contributed by atoms with E-state index in [1.54, 1.807) is 0 Å². The molecular formula is C12H22F2N2O2. The Morgan fingerprint density at radius 2 is 2.33 bits per heavy atom. The molecule has 0 aromatic heterocycles. The van der Waals surface area contributed by atoms with Crippen LogP contribution in [0.25, 0.3) is 0 Å². The Hall–Kier alpha value is -0.750. The molecule has 0 saturated carbocycles. The van der Waals surface area contributed by atoms with Crippen LogP contribution in [0.3, 0.4) is 0 Å². The molecule has 0 bridgehead atoms. The Morgan fingerprint density at radius 1 is 1.61 bits per heavy atom. The van der Waals surface area contributed by atoms with Gasteiger partial charge in [-0.1, -0.05) is 6.92 Å². The van der Waals surface area contributed by atoms with Crippen molar-refractivity contribution in [2.45, 2.75) is 32.1 Å². The molecule has 6 heteroatoms. The lowest BCUT2D eigenvalue weighted by molar-refractivity contribution is -0.125. The molecule has 1 aliphatic heterocycles. The average Bonchev–Trinajstić information content (AvgIpc) is 2.37. The molecule has 0 aromatic rings. The molecule has 0 aromatic carbocycles. The minimum Gasteiger partial charge on any atom is -0.390 e. The highest BCUT2D eigenvalue weighted by molar-refractivity contribution is 5.76. The highest BCUT2D eigenvalue weighted by Crippen LogP contribution is 2.22. The number of carbonyl (C=O) groups excluding carboxylic acids is 1. The number of piperidine rings is 1. The normalized spacial score (nSPS) is 22.6. The fraction of sp³-hybridized carbons (Fsp3) is 0.917. The summed E-state index contributed by atoms with van der Waals surface area (Å²) in [5, 5.41) is 13.8. The number of hydrogen-bond acceptors (Lipinski definition) is 3. The first-order valence-corrected chi connectivity index (χ1v) is 6.41. The molecule has 1 amide bonds. The SMILES string of the molecule is CC(CC(=O)NCC(F)(F)CO)C1CCCNC1. The quantitative estimate of drug-likeness (QED) is 0.663. The lowest BCUT2D eigenvalue weighted by Crippen LogP contribution is -2.40. The van der Waals surface area contributed by atoms with Crippen molar-refractivity contribution >= 4 is 5.91 Å². The summed E-state index contributed by atoms with van der Waals surface area (Å²) in [4.78, 5) is 11.5. The standard InChI is InChI=1S/C12H22F2N2O2/c1-9(10-3-2-4-15-6-10)5-11(18)16-7-12(13,14)8-17/h9-10,15,17H,2-8H2,1H3,(H,16,18). The lowest BCUT2D eigenvalue weighted by Gasteiger charge is -2.28. The van der Waals surface area contributed by atoms with Gasteiger partial charge in [-0.15, -0.1) is 0 Å². The van der Waals surface area contributed by atoms with Gasteiger partial charge in [0.2, 0.25) is 5.91 Å². The van der Waals surface area contributed by atoms with E-state index >= 15 is 0 Å². The van der Waals surface area contributed by atoms with Crippen LogP contribution >= 0.6 is 0 Å². The van der Waals surface area contributed by atoms with Crippen LogP contribution in [-0.4, -0.2) is 43.2 Å². The van der Waals surface area contributed by atoms with Crippen molar-refractivity contribution in [3.05, 3.63) is 0 Å². The summed E-state index contributed by atoms with van der Waals surface area (Å²) < 4.78 is 25.5. The van der Waals surface area contributed by atoms with Crippen LogP contribution in [-0.2, 0) is 4.79 Å². The van der Waals surface area contributed by atoms with Crippen LogP contribution in [0.5, 0.6) is 0 Å². The zero-order chi connectivity index (χ0) is 13.6. The second-order valence-corrected chi connectivity index (χ2v) is 5.08. The molecule has 3 N–H and O–H groups in total. The molecule has 0 aliphatic carbocycles. The molecule has 106 valence electrons. The van der Waals surface area contributed by atoms with Crippen molar-refractivity contribution in [3.63, 3.8) is 0 Å².